The van der Waals surface area contributed by atoms with E-state index in [9.17, 15) is 19.7 Å². The molecule has 0 saturated heterocycles. The third-order valence-electron chi connectivity index (χ3n) is 6.74. The van der Waals surface area contributed by atoms with E-state index in [1.807, 2.05) is 4.68 Å². The second kappa shape index (κ2) is 10.3. The van der Waals surface area contributed by atoms with E-state index in [0.29, 0.717) is 39.8 Å². The number of benzene rings is 1. The summed E-state index contributed by atoms with van der Waals surface area (Å²) in [6, 6.07) is 9.54. The molecule has 196 valence electrons. The van der Waals surface area contributed by atoms with Gasteiger partial charge in [0.1, 0.15) is 5.82 Å². The summed E-state index contributed by atoms with van der Waals surface area (Å²) in [5.74, 6) is 0.728. The average molecular weight is 535 g/mol. The summed E-state index contributed by atoms with van der Waals surface area (Å²) in [6.07, 6.45) is 4.75. The van der Waals surface area contributed by atoms with E-state index in [1.165, 1.54) is 19.2 Å². The minimum atomic E-state index is -0.531. The number of carbonyl (C=O) groups is 2. The number of carbonyl (C=O) groups excluding carboxylic acids is 2. The maximum absolute atomic E-state index is 13.0. The first-order valence-electron chi connectivity index (χ1n) is 12.2. The van der Waals surface area contributed by atoms with Crippen LogP contribution in [-0.4, -0.2) is 43.7 Å². The molecule has 0 aliphatic heterocycles. The predicted molar refractivity (Wildman–Crippen MR) is 142 cm³/mol. The lowest BCUT2D eigenvalue weighted by molar-refractivity contribution is -0.380. The molecule has 1 saturated carbocycles. The van der Waals surface area contributed by atoms with Crippen LogP contribution in [0, 0.1) is 22.0 Å². The van der Waals surface area contributed by atoms with E-state index in [4.69, 9.17) is 9.72 Å². The van der Waals surface area contributed by atoms with Crippen molar-refractivity contribution in [2.75, 3.05) is 12.4 Å². The number of hydrogen-bond donors (Lipinski definition) is 1. The lowest BCUT2D eigenvalue weighted by Gasteiger charge is -2.31. The van der Waals surface area contributed by atoms with E-state index in [1.54, 1.807) is 30.5 Å². The molecule has 0 bridgehead atoms. The van der Waals surface area contributed by atoms with Crippen molar-refractivity contribution in [2.24, 2.45) is 11.8 Å². The first kappa shape index (κ1) is 25.5. The lowest BCUT2D eigenvalue weighted by atomic mass is 9.80. The Morgan fingerprint density at radius 2 is 1.79 bits per heavy atom. The topological polar surface area (TPSA) is 142 Å². The van der Waals surface area contributed by atoms with Gasteiger partial charge < -0.3 is 10.1 Å². The van der Waals surface area contributed by atoms with Gasteiger partial charge in [0.15, 0.2) is 11.5 Å². The molecule has 1 aromatic carbocycles. The number of rotatable bonds is 6. The number of fused-ring (bicyclic) bond motifs is 1. The van der Waals surface area contributed by atoms with E-state index in [2.05, 4.69) is 29.2 Å². The second-order valence-electron chi connectivity index (χ2n) is 9.71. The standard InChI is InChI=1S/C26H26N6O5S/c1-14-10-15(2)12-18(11-14)31-24-19(13-27-31)23(30-25(33)20-8-9-21(38-20)32(35)36)28-22(29-24)16-4-6-17(7-5-16)26(34)37-3/h4-9,13-15,18H,10-12H2,1-3H3,(H,28,29,30,33). The summed E-state index contributed by atoms with van der Waals surface area (Å²) in [4.78, 5) is 45.1. The highest BCUT2D eigenvalue weighted by atomic mass is 32.1. The molecule has 1 aliphatic carbocycles. The van der Waals surface area contributed by atoms with Gasteiger partial charge in [-0.3, -0.25) is 14.9 Å². The number of nitrogens with one attached hydrogen (secondary N) is 1. The van der Waals surface area contributed by atoms with Crippen LogP contribution >= 0.6 is 11.3 Å². The monoisotopic (exact) mass is 534 g/mol. The van der Waals surface area contributed by atoms with Crippen molar-refractivity contribution in [3.8, 4) is 11.4 Å². The van der Waals surface area contributed by atoms with Gasteiger partial charge in [0.05, 0.1) is 40.1 Å². The highest BCUT2D eigenvalue weighted by Crippen LogP contribution is 2.38. The smallest absolute Gasteiger partial charge is 0.337 e. The number of aromatic nitrogens is 4. The van der Waals surface area contributed by atoms with Crippen LogP contribution in [0.5, 0.6) is 0 Å². The van der Waals surface area contributed by atoms with Crippen LogP contribution in [0.3, 0.4) is 0 Å². The molecule has 0 radical (unpaired) electrons. The van der Waals surface area contributed by atoms with E-state index < -0.39 is 16.8 Å². The number of esters is 1. The molecule has 1 amide bonds. The molecule has 3 aromatic heterocycles. The fourth-order valence-electron chi connectivity index (χ4n) is 5.11. The Balaban J connectivity index is 1.58. The fraction of sp³-hybridized carbons (Fsp3) is 0.346. The number of ether oxygens (including phenoxy) is 1. The van der Waals surface area contributed by atoms with Gasteiger partial charge in [0.2, 0.25) is 0 Å². The van der Waals surface area contributed by atoms with Crippen LogP contribution in [0.2, 0.25) is 0 Å². The Labute approximate surface area is 222 Å². The molecule has 38 heavy (non-hydrogen) atoms. The maximum Gasteiger partial charge on any atom is 0.337 e. The Morgan fingerprint density at radius 3 is 2.42 bits per heavy atom. The number of nitro groups is 1. The predicted octanol–water partition coefficient (Wildman–Crippen LogP) is 5.50. The molecule has 5 rings (SSSR count). The zero-order chi connectivity index (χ0) is 27.0. The number of amides is 1. The van der Waals surface area contributed by atoms with Crippen LogP contribution in [-0.2, 0) is 4.74 Å². The van der Waals surface area contributed by atoms with Crippen LogP contribution in [0.15, 0.2) is 42.6 Å². The van der Waals surface area contributed by atoms with Crippen LogP contribution in [0.4, 0.5) is 10.8 Å². The largest absolute Gasteiger partial charge is 0.465 e. The first-order chi connectivity index (χ1) is 18.2. The summed E-state index contributed by atoms with van der Waals surface area (Å²) in [6.45, 7) is 4.48. The third kappa shape index (κ3) is 4.99. The number of anilines is 1. The molecule has 3 heterocycles. The highest BCUT2D eigenvalue weighted by Gasteiger charge is 2.28. The molecule has 11 nitrogen and oxygen atoms in total. The molecular formula is C26H26N6O5S. The van der Waals surface area contributed by atoms with Crippen molar-refractivity contribution in [3.63, 3.8) is 0 Å². The van der Waals surface area contributed by atoms with Gasteiger partial charge in [0.25, 0.3) is 5.91 Å². The normalized spacial score (nSPS) is 19.3. The highest BCUT2D eigenvalue weighted by molar-refractivity contribution is 7.17. The molecule has 1 N–H and O–H groups in total. The van der Waals surface area contributed by atoms with Crippen LogP contribution in [0.25, 0.3) is 22.4 Å². The second-order valence-corrected chi connectivity index (χ2v) is 10.8. The van der Waals surface area contributed by atoms with Gasteiger partial charge in [-0.2, -0.15) is 5.10 Å². The summed E-state index contributed by atoms with van der Waals surface area (Å²) >= 11 is 0.790. The number of methoxy groups -OCH3 is 1. The summed E-state index contributed by atoms with van der Waals surface area (Å²) in [5.41, 5.74) is 1.62. The molecule has 1 fully saturated rings. The number of nitrogens with zero attached hydrogens (tertiary/aromatic N) is 5. The van der Waals surface area contributed by atoms with Crippen molar-refractivity contribution < 1.29 is 19.2 Å². The van der Waals surface area contributed by atoms with E-state index >= 15 is 0 Å². The lowest BCUT2D eigenvalue weighted by Crippen LogP contribution is -2.23. The molecular weight excluding hydrogens is 508 g/mol. The van der Waals surface area contributed by atoms with Crippen molar-refractivity contribution in [2.45, 2.75) is 39.2 Å². The Hall–Kier alpha value is -4.19. The van der Waals surface area contributed by atoms with Crippen molar-refractivity contribution in [1.29, 1.82) is 0 Å². The average Bonchev–Trinajstić information content (AvgIpc) is 3.56. The Morgan fingerprint density at radius 1 is 1.08 bits per heavy atom. The van der Waals surface area contributed by atoms with Crippen molar-refractivity contribution >= 4 is 45.1 Å². The van der Waals surface area contributed by atoms with Gasteiger partial charge in [0, 0.05) is 11.6 Å². The van der Waals surface area contributed by atoms with Crippen LogP contribution in [0.1, 0.15) is 59.2 Å². The Kier molecular flexibility index (Phi) is 6.89. The minimum absolute atomic E-state index is 0.122. The van der Waals surface area contributed by atoms with Gasteiger partial charge in [-0.25, -0.2) is 19.4 Å². The molecule has 12 heteroatoms. The number of thiophene rings is 1. The molecule has 2 unspecified atom stereocenters. The van der Waals surface area contributed by atoms with Gasteiger partial charge in [-0.05, 0) is 49.3 Å². The fourth-order valence-corrected chi connectivity index (χ4v) is 5.83. The molecule has 4 aromatic rings. The summed E-state index contributed by atoms with van der Waals surface area (Å²) in [5, 5.41) is 19.0. The van der Waals surface area contributed by atoms with E-state index in [-0.39, 0.29) is 21.7 Å². The van der Waals surface area contributed by atoms with Crippen molar-refractivity contribution in [1.82, 2.24) is 19.7 Å². The zero-order valence-corrected chi connectivity index (χ0v) is 21.9. The van der Waals surface area contributed by atoms with Crippen molar-refractivity contribution in [3.05, 3.63) is 63.1 Å². The van der Waals surface area contributed by atoms with E-state index in [0.717, 1.165) is 30.6 Å². The third-order valence-corrected chi connectivity index (χ3v) is 7.78. The SMILES string of the molecule is COC(=O)c1ccc(-c2nc(NC(=O)c3ccc([N+](=O)[O-])s3)c3cnn(C4CC(C)CC(C)C4)c3n2)cc1. The molecule has 0 spiro atoms. The maximum atomic E-state index is 13.0. The Bertz CT molecular complexity index is 1520. The molecule has 2 atom stereocenters. The zero-order valence-electron chi connectivity index (χ0n) is 21.1. The van der Waals surface area contributed by atoms with Gasteiger partial charge in [-0.15, -0.1) is 0 Å². The molecule has 1 aliphatic rings. The van der Waals surface area contributed by atoms with Gasteiger partial charge >= 0.3 is 11.0 Å². The van der Waals surface area contributed by atoms with Gasteiger partial charge in [-0.1, -0.05) is 37.3 Å². The summed E-state index contributed by atoms with van der Waals surface area (Å²) in [7, 11) is 1.32. The quantitative estimate of drug-likeness (QED) is 0.194. The number of hydrogen-bond acceptors (Lipinski definition) is 9. The summed E-state index contributed by atoms with van der Waals surface area (Å²) < 4.78 is 6.70. The van der Waals surface area contributed by atoms with Crippen LogP contribution < -0.4 is 5.32 Å². The minimum Gasteiger partial charge on any atom is -0.465 e. The first-order valence-corrected chi connectivity index (χ1v) is 13.0.